The second-order valence-corrected chi connectivity index (χ2v) is 10.6. The van der Waals surface area contributed by atoms with Gasteiger partial charge in [-0.05, 0) is 12.0 Å². The first-order valence-corrected chi connectivity index (χ1v) is 10.6. The quantitative estimate of drug-likeness (QED) is 0.362. The van der Waals surface area contributed by atoms with Crippen molar-refractivity contribution in [2.75, 3.05) is 7.11 Å². The van der Waals surface area contributed by atoms with E-state index in [1.54, 1.807) is 0 Å². The second-order valence-electron chi connectivity index (χ2n) is 5.84. The Morgan fingerprint density at radius 2 is 2.00 bits per heavy atom. The van der Waals surface area contributed by atoms with Crippen LogP contribution in [0, 0.1) is 11.5 Å². The SMILES string of the molecule is COC(=O)CCC(C#C[Si](C)(C)C)/N=C/c1ccccc1. The van der Waals surface area contributed by atoms with E-state index in [2.05, 4.69) is 40.8 Å². The fourth-order valence-electron chi connectivity index (χ4n) is 1.56. The molecule has 0 amide bonds. The summed E-state index contributed by atoms with van der Waals surface area (Å²) in [4.78, 5) is 15.8. The van der Waals surface area contributed by atoms with Gasteiger partial charge in [0, 0.05) is 12.6 Å². The van der Waals surface area contributed by atoms with E-state index in [1.807, 2.05) is 36.5 Å². The topological polar surface area (TPSA) is 38.7 Å². The van der Waals surface area contributed by atoms with Gasteiger partial charge >= 0.3 is 5.97 Å². The van der Waals surface area contributed by atoms with E-state index in [0.29, 0.717) is 12.8 Å². The smallest absolute Gasteiger partial charge is 0.305 e. The third-order valence-corrected chi connectivity index (χ3v) is 3.56. The third kappa shape index (κ3) is 8.11. The first-order chi connectivity index (χ1) is 9.90. The Balaban J connectivity index is 2.78. The Labute approximate surface area is 128 Å². The van der Waals surface area contributed by atoms with Crippen LogP contribution in [-0.4, -0.2) is 33.4 Å². The van der Waals surface area contributed by atoms with Crippen LogP contribution < -0.4 is 0 Å². The highest BCUT2D eigenvalue weighted by atomic mass is 28.3. The Morgan fingerprint density at radius 1 is 1.33 bits per heavy atom. The molecule has 1 rings (SSSR count). The summed E-state index contributed by atoms with van der Waals surface area (Å²) < 4.78 is 4.68. The van der Waals surface area contributed by atoms with Gasteiger partial charge in [0.2, 0.25) is 0 Å². The molecule has 1 atom stereocenters. The lowest BCUT2D eigenvalue weighted by molar-refractivity contribution is -0.140. The lowest BCUT2D eigenvalue weighted by atomic mass is 10.1. The lowest BCUT2D eigenvalue weighted by Crippen LogP contribution is -2.18. The molecule has 0 aliphatic carbocycles. The first-order valence-electron chi connectivity index (χ1n) is 7.08. The minimum atomic E-state index is -1.44. The average molecular weight is 301 g/mol. The van der Waals surface area contributed by atoms with Crippen LogP contribution in [0.2, 0.25) is 19.6 Å². The molecule has 0 spiro atoms. The molecule has 0 bridgehead atoms. The van der Waals surface area contributed by atoms with Crippen molar-refractivity contribution in [3.05, 3.63) is 35.9 Å². The third-order valence-electron chi connectivity index (χ3n) is 2.67. The van der Waals surface area contributed by atoms with Crippen LogP contribution in [0.4, 0.5) is 0 Å². The maximum Gasteiger partial charge on any atom is 0.305 e. The number of esters is 1. The molecule has 0 aliphatic heterocycles. The van der Waals surface area contributed by atoms with E-state index in [0.717, 1.165) is 5.56 Å². The summed E-state index contributed by atoms with van der Waals surface area (Å²) in [6, 6.07) is 9.74. The Hall–Kier alpha value is -1.86. The Bertz CT molecular complexity index is 535. The van der Waals surface area contributed by atoms with Crippen LogP contribution >= 0.6 is 0 Å². The normalized spacial score (nSPS) is 12.6. The molecule has 0 aromatic heterocycles. The van der Waals surface area contributed by atoms with Crippen molar-refractivity contribution in [2.24, 2.45) is 4.99 Å². The highest BCUT2D eigenvalue weighted by Crippen LogP contribution is 2.05. The van der Waals surface area contributed by atoms with Gasteiger partial charge in [-0.15, -0.1) is 5.54 Å². The minimum Gasteiger partial charge on any atom is -0.469 e. The largest absolute Gasteiger partial charge is 0.469 e. The van der Waals surface area contributed by atoms with Gasteiger partial charge in [0.25, 0.3) is 0 Å². The van der Waals surface area contributed by atoms with E-state index in [9.17, 15) is 4.79 Å². The molecule has 0 saturated carbocycles. The maximum atomic E-state index is 11.3. The van der Waals surface area contributed by atoms with Gasteiger partial charge in [-0.25, -0.2) is 0 Å². The van der Waals surface area contributed by atoms with Gasteiger partial charge in [0.05, 0.1) is 7.11 Å². The van der Waals surface area contributed by atoms with Crippen molar-refractivity contribution < 1.29 is 9.53 Å². The number of hydrogen-bond donors (Lipinski definition) is 0. The van der Waals surface area contributed by atoms with Crippen LogP contribution in [0.15, 0.2) is 35.3 Å². The number of ether oxygens (including phenoxy) is 1. The molecule has 0 heterocycles. The van der Waals surface area contributed by atoms with Crippen molar-refractivity contribution >= 4 is 20.3 Å². The number of aliphatic imine (C=N–C) groups is 1. The van der Waals surface area contributed by atoms with Gasteiger partial charge in [-0.1, -0.05) is 55.9 Å². The van der Waals surface area contributed by atoms with Crippen LogP contribution in [0.5, 0.6) is 0 Å². The summed E-state index contributed by atoms with van der Waals surface area (Å²) in [6.45, 7) is 6.58. The van der Waals surface area contributed by atoms with Gasteiger partial charge in [-0.2, -0.15) is 0 Å². The Morgan fingerprint density at radius 3 is 2.57 bits per heavy atom. The van der Waals surface area contributed by atoms with Crippen molar-refractivity contribution in [2.45, 2.75) is 38.5 Å². The molecule has 4 heteroatoms. The summed E-state index contributed by atoms with van der Waals surface area (Å²) in [6.07, 6.45) is 2.75. The maximum absolute atomic E-state index is 11.3. The van der Waals surface area contributed by atoms with E-state index in [1.165, 1.54) is 7.11 Å². The van der Waals surface area contributed by atoms with E-state index in [4.69, 9.17) is 0 Å². The molecule has 0 radical (unpaired) electrons. The van der Waals surface area contributed by atoms with Gasteiger partial charge in [0.1, 0.15) is 14.1 Å². The monoisotopic (exact) mass is 301 g/mol. The fourth-order valence-corrected chi connectivity index (χ4v) is 2.16. The summed E-state index contributed by atoms with van der Waals surface area (Å²) in [5, 5.41) is 0. The van der Waals surface area contributed by atoms with Crippen molar-refractivity contribution in [3.8, 4) is 11.5 Å². The van der Waals surface area contributed by atoms with Gasteiger partial charge in [0.15, 0.2) is 0 Å². The number of methoxy groups -OCH3 is 1. The molecule has 1 unspecified atom stereocenters. The zero-order chi connectivity index (χ0) is 15.7. The molecule has 1 aromatic carbocycles. The molecule has 21 heavy (non-hydrogen) atoms. The van der Waals surface area contributed by atoms with Crippen molar-refractivity contribution in [1.29, 1.82) is 0 Å². The summed E-state index contributed by atoms with van der Waals surface area (Å²) in [5.74, 6) is 3.00. The van der Waals surface area contributed by atoms with E-state index >= 15 is 0 Å². The number of nitrogens with zero attached hydrogens (tertiary/aromatic N) is 1. The summed E-state index contributed by atoms with van der Waals surface area (Å²) >= 11 is 0. The average Bonchev–Trinajstić information content (AvgIpc) is 2.46. The van der Waals surface area contributed by atoms with Crippen LogP contribution in [0.3, 0.4) is 0 Å². The summed E-state index contributed by atoms with van der Waals surface area (Å²) in [7, 11) is -0.0429. The predicted octanol–water partition coefficient (Wildman–Crippen LogP) is 3.31. The molecular weight excluding hydrogens is 278 g/mol. The number of rotatable bonds is 5. The first kappa shape index (κ1) is 17.2. The lowest BCUT2D eigenvalue weighted by Gasteiger charge is -2.08. The molecule has 0 aliphatic rings. The van der Waals surface area contributed by atoms with Gasteiger partial charge < -0.3 is 4.74 Å². The highest BCUT2D eigenvalue weighted by Gasteiger charge is 2.11. The molecule has 112 valence electrons. The standard InChI is InChI=1S/C17H23NO2Si/c1-20-17(19)11-10-16(12-13-21(2,3)4)18-14-15-8-6-5-7-9-15/h5-9,14,16H,10-11H2,1-4H3/b18-14+. The second kappa shape index (κ2) is 8.43. The number of carbonyl (C=O) groups excluding carboxylic acids is 1. The van der Waals surface area contributed by atoms with Crippen molar-refractivity contribution in [1.82, 2.24) is 0 Å². The number of benzene rings is 1. The molecule has 0 fully saturated rings. The number of carbonyl (C=O) groups is 1. The van der Waals surface area contributed by atoms with E-state index < -0.39 is 8.07 Å². The summed E-state index contributed by atoms with van der Waals surface area (Å²) in [5.41, 5.74) is 4.36. The molecule has 3 nitrogen and oxygen atoms in total. The zero-order valence-electron chi connectivity index (χ0n) is 13.2. The van der Waals surface area contributed by atoms with Crippen LogP contribution in [-0.2, 0) is 9.53 Å². The fraction of sp³-hybridized carbons (Fsp3) is 0.412. The molecule has 0 N–H and O–H groups in total. The van der Waals surface area contributed by atoms with Gasteiger partial charge in [-0.3, -0.25) is 9.79 Å². The Kier molecular flexibility index (Phi) is 6.90. The highest BCUT2D eigenvalue weighted by molar-refractivity contribution is 6.83. The van der Waals surface area contributed by atoms with Crippen molar-refractivity contribution in [3.63, 3.8) is 0 Å². The molecular formula is C17H23NO2Si. The number of hydrogen-bond acceptors (Lipinski definition) is 3. The zero-order valence-corrected chi connectivity index (χ0v) is 14.2. The molecule has 1 aromatic rings. The van der Waals surface area contributed by atoms with Crippen LogP contribution in [0.1, 0.15) is 18.4 Å². The minimum absolute atomic E-state index is 0.156. The predicted molar refractivity (Wildman–Crippen MR) is 90.2 cm³/mol. The molecule has 0 saturated heterocycles. The van der Waals surface area contributed by atoms with Crippen LogP contribution in [0.25, 0.3) is 0 Å². The van der Waals surface area contributed by atoms with E-state index in [-0.39, 0.29) is 12.0 Å².